The van der Waals surface area contributed by atoms with Gasteiger partial charge in [0.25, 0.3) is 0 Å². The summed E-state index contributed by atoms with van der Waals surface area (Å²) >= 11 is 0. The van der Waals surface area contributed by atoms with Crippen molar-refractivity contribution >= 4 is 5.84 Å². The lowest BCUT2D eigenvalue weighted by molar-refractivity contribution is -0.0846. The van der Waals surface area contributed by atoms with Crippen LogP contribution in [0.2, 0.25) is 0 Å². The van der Waals surface area contributed by atoms with E-state index in [1.54, 1.807) is 25.3 Å². The maximum absolute atomic E-state index is 7.57. The summed E-state index contributed by atoms with van der Waals surface area (Å²) in [4.78, 5) is 0. The van der Waals surface area contributed by atoms with Gasteiger partial charge in [0.15, 0.2) is 0 Å². The monoisotopic (exact) mass is 292 g/mol. The molecule has 2 rings (SSSR count). The minimum absolute atomic E-state index is 0.0130. The zero-order valence-corrected chi connectivity index (χ0v) is 13.3. The second kappa shape index (κ2) is 5.22. The van der Waals surface area contributed by atoms with Crippen LogP contribution in [0.1, 0.15) is 39.7 Å². The summed E-state index contributed by atoms with van der Waals surface area (Å²) in [7, 11) is 1.58. The SMILES string of the molecule is COc1cc(OC2CC(C)(C)OC2(C)C)cc(C(=N)N)c1. The average molecular weight is 292 g/mol. The molecule has 5 heteroatoms. The number of rotatable bonds is 4. The molecule has 0 spiro atoms. The number of benzene rings is 1. The summed E-state index contributed by atoms with van der Waals surface area (Å²) in [5, 5.41) is 7.57. The molecule has 1 aromatic rings. The van der Waals surface area contributed by atoms with Gasteiger partial charge in [0, 0.05) is 18.1 Å². The molecule has 3 N–H and O–H groups in total. The van der Waals surface area contributed by atoms with Crippen molar-refractivity contribution in [3.05, 3.63) is 23.8 Å². The third-order valence-electron chi connectivity index (χ3n) is 3.70. The van der Waals surface area contributed by atoms with Gasteiger partial charge in [-0.25, -0.2) is 0 Å². The maximum Gasteiger partial charge on any atom is 0.130 e. The number of methoxy groups -OCH3 is 1. The Kier molecular flexibility index (Phi) is 3.89. The molecule has 1 unspecified atom stereocenters. The van der Waals surface area contributed by atoms with Gasteiger partial charge in [0.1, 0.15) is 29.0 Å². The Morgan fingerprint density at radius 2 is 1.86 bits per heavy atom. The Bertz CT molecular complexity index is 552. The molecule has 5 nitrogen and oxygen atoms in total. The van der Waals surface area contributed by atoms with E-state index in [0.29, 0.717) is 17.1 Å². The van der Waals surface area contributed by atoms with Gasteiger partial charge in [-0.05, 0) is 39.8 Å². The molecule has 0 radical (unpaired) electrons. The number of hydrogen-bond donors (Lipinski definition) is 2. The van der Waals surface area contributed by atoms with Crippen LogP contribution in [0, 0.1) is 5.41 Å². The first-order valence-corrected chi connectivity index (χ1v) is 7.03. The minimum Gasteiger partial charge on any atom is -0.497 e. The van der Waals surface area contributed by atoms with Gasteiger partial charge in [0.2, 0.25) is 0 Å². The third-order valence-corrected chi connectivity index (χ3v) is 3.70. The van der Waals surface area contributed by atoms with Crippen LogP contribution >= 0.6 is 0 Å². The van der Waals surface area contributed by atoms with Gasteiger partial charge in [-0.2, -0.15) is 0 Å². The molecular weight excluding hydrogens is 268 g/mol. The van der Waals surface area contributed by atoms with Crippen LogP contribution < -0.4 is 15.2 Å². The molecule has 1 aliphatic heterocycles. The van der Waals surface area contributed by atoms with Gasteiger partial charge in [-0.1, -0.05) is 0 Å². The highest BCUT2D eigenvalue weighted by Gasteiger charge is 2.47. The van der Waals surface area contributed by atoms with Crippen LogP contribution in [0.3, 0.4) is 0 Å². The van der Waals surface area contributed by atoms with Gasteiger partial charge >= 0.3 is 0 Å². The summed E-state index contributed by atoms with van der Waals surface area (Å²) in [6.07, 6.45) is 0.728. The van der Waals surface area contributed by atoms with E-state index in [-0.39, 0.29) is 23.1 Å². The molecule has 0 amide bonds. The molecule has 116 valence electrons. The fourth-order valence-electron chi connectivity index (χ4n) is 2.77. The van der Waals surface area contributed by atoms with Crippen molar-refractivity contribution in [1.82, 2.24) is 0 Å². The Balaban J connectivity index is 2.27. The number of nitrogens with two attached hydrogens (primary N) is 1. The topological polar surface area (TPSA) is 77.6 Å². The zero-order valence-electron chi connectivity index (χ0n) is 13.3. The van der Waals surface area contributed by atoms with Gasteiger partial charge in [-0.15, -0.1) is 0 Å². The van der Waals surface area contributed by atoms with E-state index in [1.807, 2.05) is 13.8 Å². The minimum atomic E-state index is -0.372. The lowest BCUT2D eigenvalue weighted by Gasteiger charge is -2.27. The van der Waals surface area contributed by atoms with Crippen molar-refractivity contribution in [3.63, 3.8) is 0 Å². The molecule has 1 atom stereocenters. The summed E-state index contributed by atoms with van der Waals surface area (Å²) in [6.45, 7) is 8.17. The highest BCUT2D eigenvalue weighted by molar-refractivity contribution is 5.95. The number of ether oxygens (including phenoxy) is 3. The quantitative estimate of drug-likeness (QED) is 0.660. The average Bonchev–Trinajstić information content (AvgIpc) is 2.56. The van der Waals surface area contributed by atoms with Crippen molar-refractivity contribution in [2.24, 2.45) is 5.73 Å². The summed E-state index contributed by atoms with van der Waals surface area (Å²) < 4.78 is 17.4. The fourth-order valence-corrected chi connectivity index (χ4v) is 2.77. The highest BCUT2D eigenvalue weighted by Crippen LogP contribution is 2.40. The summed E-state index contributed by atoms with van der Waals surface area (Å²) in [5.41, 5.74) is 5.56. The van der Waals surface area contributed by atoms with Crippen LogP contribution in [0.4, 0.5) is 0 Å². The molecule has 1 aliphatic rings. The van der Waals surface area contributed by atoms with Crippen molar-refractivity contribution in [3.8, 4) is 11.5 Å². The lowest BCUT2D eigenvalue weighted by atomic mass is 9.97. The molecule has 1 saturated heterocycles. The fraction of sp³-hybridized carbons (Fsp3) is 0.562. The van der Waals surface area contributed by atoms with Gasteiger partial charge in [-0.3, -0.25) is 5.41 Å². The standard InChI is InChI=1S/C16H24N2O3/c1-15(2)9-13(16(3,4)21-15)20-12-7-10(14(17)18)6-11(8-12)19-5/h6-8,13H,9H2,1-5H3,(H3,17,18). The van der Waals surface area contributed by atoms with E-state index in [9.17, 15) is 0 Å². The van der Waals surface area contributed by atoms with Crippen molar-refractivity contribution < 1.29 is 14.2 Å². The maximum atomic E-state index is 7.57. The van der Waals surface area contributed by atoms with Crippen molar-refractivity contribution in [1.29, 1.82) is 5.41 Å². The van der Waals surface area contributed by atoms with Crippen molar-refractivity contribution in [2.75, 3.05) is 7.11 Å². The van der Waals surface area contributed by atoms with E-state index in [0.717, 1.165) is 6.42 Å². The summed E-state index contributed by atoms with van der Waals surface area (Å²) in [5.74, 6) is 1.24. The smallest absolute Gasteiger partial charge is 0.130 e. The van der Waals surface area contributed by atoms with Crippen LogP contribution in [-0.2, 0) is 4.74 Å². The van der Waals surface area contributed by atoms with Crippen LogP contribution in [0.5, 0.6) is 11.5 Å². The Morgan fingerprint density at radius 3 is 2.33 bits per heavy atom. The molecule has 0 saturated carbocycles. The second-order valence-corrected chi connectivity index (χ2v) is 6.59. The predicted molar refractivity (Wildman–Crippen MR) is 82.3 cm³/mol. The molecule has 1 fully saturated rings. The first-order chi connectivity index (χ1) is 9.63. The molecule has 0 aromatic heterocycles. The van der Waals surface area contributed by atoms with Crippen molar-refractivity contribution in [2.45, 2.75) is 51.4 Å². The lowest BCUT2D eigenvalue weighted by Crippen LogP contribution is -2.36. The molecule has 21 heavy (non-hydrogen) atoms. The molecule has 1 aromatic carbocycles. The predicted octanol–water partition coefficient (Wildman–Crippen LogP) is 2.70. The molecule has 1 heterocycles. The van der Waals surface area contributed by atoms with Crippen LogP contribution in [-0.4, -0.2) is 30.3 Å². The van der Waals surface area contributed by atoms with E-state index < -0.39 is 0 Å². The first kappa shape index (κ1) is 15.6. The highest BCUT2D eigenvalue weighted by atomic mass is 16.6. The number of amidine groups is 1. The molecular formula is C16H24N2O3. The van der Waals surface area contributed by atoms with Gasteiger partial charge in [0.05, 0.1) is 12.7 Å². The number of nitrogens with one attached hydrogen (secondary N) is 1. The van der Waals surface area contributed by atoms with E-state index in [1.165, 1.54) is 0 Å². The first-order valence-electron chi connectivity index (χ1n) is 7.03. The second-order valence-electron chi connectivity index (χ2n) is 6.59. The Hall–Kier alpha value is -1.75. The van der Waals surface area contributed by atoms with E-state index in [2.05, 4.69) is 13.8 Å². The van der Waals surface area contributed by atoms with Crippen LogP contribution in [0.15, 0.2) is 18.2 Å². The van der Waals surface area contributed by atoms with Gasteiger partial charge < -0.3 is 19.9 Å². The molecule has 0 aliphatic carbocycles. The van der Waals surface area contributed by atoms with E-state index >= 15 is 0 Å². The van der Waals surface area contributed by atoms with Crippen LogP contribution in [0.25, 0.3) is 0 Å². The summed E-state index contributed by atoms with van der Waals surface area (Å²) in [6, 6.07) is 5.27. The normalized spacial score (nSPS) is 22.8. The Labute approximate surface area is 125 Å². The van der Waals surface area contributed by atoms with E-state index in [4.69, 9.17) is 25.4 Å². The zero-order chi connectivity index (χ0) is 15.8. The number of hydrogen-bond acceptors (Lipinski definition) is 4. The largest absolute Gasteiger partial charge is 0.497 e. The Morgan fingerprint density at radius 1 is 1.24 bits per heavy atom. The third kappa shape index (κ3) is 3.47. The number of nitrogen functional groups attached to an aromatic ring is 1. The molecule has 0 bridgehead atoms.